The molecule has 0 atom stereocenters. The molecule has 0 aliphatic carbocycles. The van der Waals surface area contributed by atoms with Crippen molar-refractivity contribution in [2.45, 2.75) is 13.8 Å². The van der Waals surface area contributed by atoms with Gasteiger partial charge in [-0.05, 0) is 60.5 Å². The molecule has 0 spiro atoms. The third kappa shape index (κ3) is 3.82. The first-order valence-electron chi connectivity index (χ1n) is 9.72. The lowest BCUT2D eigenvalue weighted by Gasteiger charge is -2.11. The van der Waals surface area contributed by atoms with Gasteiger partial charge in [0.1, 0.15) is 5.75 Å². The minimum atomic E-state index is -0.321. The number of hydrogen-bond acceptors (Lipinski definition) is 3. The number of amides is 1. The van der Waals surface area contributed by atoms with Crippen molar-refractivity contribution in [3.63, 3.8) is 0 Å². The van der Waals surface area contributed by atoms with Crippen molar-refractivity contribution in [2.24, 2.45) is 5.10 Å². The summed E-state index contributed by atoms with van der Waals surface area (Å²) in [6, 6.07) is 21.7. The number of methoxy groups -OCH3 is 1. The van der Waals surface area contributed by atoms with Crippen molar-refractivity contribution in [1.29, 1.82) is 0 Å². The van der Waals surface area contributed by atoms with E-state index in [1.165, 1.54) is 11.1 Å². The maximum atomic E-state index is 12.7. The second-order valence-electron chi connectivity index (χ2n) is 7.19. The first-order chi connectivity index (χ1) is 14.6. The lowest BCUT2D eigenvalue weighted by atomic mass is 10.1. The van der Waals surface area contributed by atoms with E-state index in [9.17, 15) is 4.79 Å². The number of carbonyl (C=O) groups is 1. The predicted octanol–water partition coefficient (Wildman–Crippen LogP) is 5.02. The van der Waals surface area contributed by atoms with Gasteiger partial charge in [0.15, 0.2) is 0 Å². The molecule has 1 amide bonds. The first-order valence-corrected chi connectivity index (χ1v) is 9.72. The van der Waals surface area contributed by atoms with Crippen molar-refractivity contribution in [3.05, 3.63) is 95.3 Å². The molecular formula is C25H23N3O2. The molecule has 0 aliphatic heterocycles. The van der Waals surface area contributed by atoms with Crippen LogP contribution in [0.1, 0.15) is 27.2 Å². The standard InChI is InChI=1S/C25H23N3O2/c1-17-10-11-23(18(2)13-17)28-12-6-9-21(28)16-26-27-25(29)22-14-19-7-4-5-8-20(19)15-24(22)30-3/h4-16H,1-3H3,(H,27,29)/b26-16-. The smallest absolute Gasteiger partial charge is 0.275 e. The number of nitrogens with zero attached hydrogens (tertiary/aromatic N) is 2. The fourth-order valence-corrected chi connectivity index (χ4v) is 3.58. The third-order valence-corrected chi connectivity index (χ3v) is 5.07. The zero-order valence-corrected chi connectivity index (χ0v) is 17.2. The summed E-state index contributed by atoms with van der Waals surface area (Å²) in [5.74, 6) is 0.193. The van der Waals surface area contributed by atoms with E-state index in [0.29, 0.717) is 11.3 Å². The molecule has 1 N–H and O–H groups in total. The molecule has 5 nitrogen and oxygen atoms in total. The summed E-state index contributed by atoms with van der Waals surface area (Å²) in [6.07, 6.45) is 3.62. The molecule has 0 fully saturated rings. The van der Waals surface area contributed by atoms with Crippen molar-refractivity contribution in [3.8, 4) is 11.4 Å². The fourth-order valence-electron chi connectivity index (χ4n) is 3.58. The third-order valence-electron chi connectivity index (χ3n) is 5.07. The van der Waals surface area contributed by atoms with E-state index in [1.54, 1.807) is 13.3 Å². The number of aryl methyl sites for hydroxylation is 2. The maximum Gasteiger partial charge on any atom is 0.275 e. The normalized spacial score (nSPS) is 11.2. The van der Waals surface area contributed by atoms with Crippen LogP contribution >= 0.6 is 0 Å². The minimum absolute atomic E-state index is 0.321. The number of nitrogens with one attached hydrogen (secondary N) is 1. The van der Waals surface area contributed by atoms with Crippen LogP contribution in [0.25, 0.3) is 16.5 Å². The van der Waals surface area contributed by atoms with Gasteiger partial charge in [0.2, 0.25) is 0 Å². The number of ether oxygens (including phenoxy) is 1. The number of hydrazone groups is 1. The fraction of sp³-hybridized carbons (Fsp3) is 0.120. The molecule has 4 aromatic rings. The Morgan fingerprint density at radius 2 is 1.77 bits per heavy atom. The van der Waals surface area contributed by atoms with Gasteiger partial charge < -0.3 is 9.30 Å². The van der Waals surface area contributed by atoms with E-state index in [-0.39, 0.29) is 5.91 Å². The SMILES string of the molecule is COc1cc2ccccc2cc1C(=O)N/N=C\c1cccn1-c1ccc(C)cc1C. The molecule has 0 saturated heterocycles. The van der Waals surface area contributed by atoms with E-state index in [4.69, 9.17) is 4.74 Å². The van der Waals surface area contributed by atoms with Crippen LogP contribution in [0.3, 0.4) is 0 Å². The molecule has 4 rings (SSSR count). The number of rotatable bonds is 5. The molecule has 3 aromatic carbocycles. The van der Waals surface area contributed by atoms with Crippen LogP contribution < -0.4 is 10.2 Å². The van der Waals surface area contributed by atoms with Crippen molar-refractivity contribution in [1.82, 2.24) is 9.99 Å². The summed E-state index contributed by atoms with van der Waals surface area (Å²) < 4.78 is 7.45. The summed E-state index contributed by atoms with van der Waals surface area (Å²) in [6.45, 7) is 4.16. The molecule has 30 heavy (non-hydrogen) atoms. The Hall–Kier alpha value is -3.86. The lowest BCUT2D eigenvalue weighted by molar-refractivity contribution is 0.0952. The van der Waals surface area contributed by atoms with Gasteiger partial charge in [0, 0.05) is 11.9 Å². The van der Waals surface area contributed by atoms with Gasteiger partial charge in [-0.15, -0.1) is 0 Å². The van der Waals surface area contributed by atoms with Crippen LogP contribution in [0, 0.1) is 13.8 Å². The summed E-state index contributed by atoms with van der Waals surface area (Å²) >= 11 is 0. The van der Waals surface area contributed by atoms with E-state index < -0.39 is 0 Å². The van der Waals surface area contributed by atoms with Crippen molar-refractivity contribution >= 4 is 22.9 Å². The largest absolute Gasteiger partial charge is 0.496 e. The Morgan fingerprint density at radius 3 is 2.50 bits per heavy atom. The van der Waals surface area contributed by atoms with E-state index in [2.05, 4.69) is 42.6 Å². The summed E-state index contributed by atoms with van der Waals surface area (Å²) in [5, 5.41) is 6.16. The van der Waals surface area contributed by atoms with E-state index >= 15 is 0 Å². The minimum Gasteiger partial charge on any atom is -0.496 e. The highest BCUT2D eigenvalue weighted by Gasteiger charge is 2.13. The molecule has 0 saturated carbocycles. The van der Waals surface area contributed by atoms with Crippen molar-refractivity contribution < 1.29 is 9.53 Å². The molecule has 1 aromatic heterocycles. The highest BCUT2D eigenvalue weighted by molar-refractivity contribution is 6.01. The second-order valence-corrected chi connectivity index (χ2v) is 7.19. The van der Waals surface area contributed by atoms with Crippen LogP contribution in [0.4, 0.5) is 0 Å². The van der Waals surface area contributed by atoms with Crippen LogP contribution in [0.2, 0.25) is 0 Å². The average molecular weight is 397 g/mol. The molecule has 5 heteroatoms. The number of hydrogen-bond donors (Lipinski definition) is 1. The van der Waals surface area contributed by atoms with Gasteiger partial charge in [-0.2, -0.15) is 5.10 Å². The van der Waals surface area contributed by atoms with Crippen LogP contribution in [0.5, 0.6) is 5.75 Å². The summed E-state index contributed by atoms with van der Waals surface area (Å²) in [5.41, 5.74) is 7.40. The quantitative estimate of drug-likeness (QED) is 0.380. The van der Waals surface area contributed by atoms with Crippen molar-refractivity contribution in [2.75, 3.05) is 7.11 Å². The zero-order chi connectivity index (χ0) is 21.1. The Bertz CT molecular complexity index is 1250. The summed E-state index contributed by atoms with van der Waals surface area (Å²) in [7, 11) is 1.56. The van der Waals surface area contributed by atoms with Gasteiger partial charge in [0.05, 0.1) is 24.6 Å². The molecule has 150 valence electrons. The van der Waals surface area contributed by atoms with E-state index in [0.717, 1.165) is 22.2 Å². The molecule has 0 radical (unpaired) electrons. The van der Waals surface area contributed by atoms with Crippen LogP contribution in [-0.2, 0) is 0 Å². The molecule has 1 heterocycles. The Kier molecular flexibility index (Phi) is 5.35. The highest BCUT2D eigenvalue weighted by atomic mass is 16.5. The van der Waals surface area contributed by atoms with E-state index in [1.807, 2.05) is 59.3 Å². The van der Waals surface area contributed by atoms with Gasteiger partial charge in [-0.3, -0.25) is 4.79 Å². The first kappa shape index (κ1) is 19.5. The van der Waals surface area contributed by atoms with Gasteiger partial charge >= 0.3 is 0 Å². The van der Waals surface area contributed by atoms with Gasteiger partial charge in [-0.25, -0.2) is 5.43 Å². The van der Waals surface area contributed by atoms with Crippen LogP contribution in [0.15, 0.2) is 78.0 Å². The molecule has 0 aliphatic rings. The molecule has 0 bridgehead atoms. The van der Waals surface area contributed by atoms with Crippen LogP contribution in [-0.4, -0.2) is 23.8 Å². The number of fused-ring (bicyclic) bond motifs is 1. The Labute approximate surface area is 175 Å². The molecular weight excluding hydrogens is 374 g/mol. The van der Waals surface area contributed by atoms with Gasteiger partial charge in [-0.1, -0.05) is 42.0 Å². The number of carbonyl (C=O) groups excluding carboxylic acids is 1. The zero-order valence-electron chi connectivity index (χ0n) is 17.2. The van der Waals surface area contributed by atoms with Gasteiger partial charge in [0.25, 0.3) is 5.91 Å². The summed E-state index contributed by atoms with van der Waals surface area (Å²) in [4.78, 5) is 12.7. The Balaban J connectivity index is 1.57. The molecule has 0 unspecified atom stereocenters. The number of benzene rings is 3. The monoisotopic (exact) mass is 397 g/mol. The second kappa shape index (κ2) is 8.25. The number of aromatic nitrogens is 1. The predicted molar refractivity (Wildman–Crippen MR) is 121 cm³/mol. The average Bonchev–Trinajstić information content (AvgIpc) is 3.20. The topological polar surface area (TPSA) is 55.6 Å². The maximum absolute atomic E-state index is 12.7. The Morgan fingerprint density at radius 1 is 1.00 bits per heavy atom. The lowest BCUT2D eigenvalue weighted by Crippen LogP contribution is -2.18. The highest BCUT2D eigenvalue weighted by Crippen LogP contribution is 2.26.